The first-order chi connectivity index (χ1) is 15.4. The Bertz CT molecular complexity index is 1280. The van der Waals surface area contributed by atoms with Gasteiger partial charge in [-0.25, -0.2) is 4.98 Å². The number of hydrogen-bond donors (Lipinski definition) is 2. The van der Waals surface area contributed by atoms with Crippen LogP contribution in [0.1, 0.15) is 42.1 Å². The van der Waals surface area contributed by atoms with E-state index in [4.69, 9.17) is 16.6 Å². The Kier molecular flexibility index (Phi) is 6.67. The van der Waals surface area contributed by atoms with Crippen LogP contribution in [0.15, 0.2) is 75.6 Å². The molecule has 7 heteroatoms. The number of hydrogen-bond acceptors (Lipinski definition) is 4. The summed E-state index contributed by atoms with van der Waals surface area (Å²) in [5, 5.41) is 5.94. The van der Waals surface area contributed by atoms with E-state index in [9.17, 15) is 4.79 Å². The van der Waals surface area contributed by atoms with Crippen molar-refractivity contribution in [2.24, 2.45) is 0 Å². The summed E-state index contributed by atoms with van der Waals surface area (Å²) in [6.07, 6.45) is 1.08. The highest BCUT2D eigenvalue weighted by Crippen LogP contribution is 2.28. The minimum absolute atomic E-state index is 0.220. The summed E-state index contributed by atoms with van der Waals surface area (Å²) in [5.74, 6) is 0.768. The van der Waals surface area contributed by atoms with E-state index in [1.807, 2.05) is 36.4 Å². The number of anilines is 1. The smallest absolute Gasteiger partial charge is 0.258 e. The van der Waals surface area contributed by atoms with Gasteiger partial charge in [-0.2, -0.15) is 0 Å². The van der Waals surface area contributed by atoms with Gasteiger partial charge in [0.25, 0.3) is 5.91 Å². The van der Waals surface area contributed by atoms with Crippen molar-refractivity contribution in [1.82, 2.24) is 10.3 Å². The molecule has 4 aromatic rings. The first-order valence-corrected chi connectivity index (χ1v) is 11.5. The summed E-state index contributed by atoms with van der Waals surface area (Å²) in [4.78, 5) is 17.0. The Labute approximate surface area is 200 Å². The third-order valence-electron chi connectivity index (χ3n) is 5.33. The number of thiocarbonyl (C=S) groups is 1. The van der Waals surface area contributed by atoms with E-state index in [1.165, 1.54) is 5.56 Å². The topological polar surface area (TPSA) is 67.2 Å². The molecule has 0 aliphatic rings. The van der Waals surface area contributed by atoms with Crippen molar-refractivity contribution in [2.75, 3.05) is 5.32 Å². The first kappa shape index (κ1) is 22.2. The van der Waals surface area contributed by atoms with Crippen molar-refractivity contribution < 1.29 is 9.21 Å². The van der Waals surface area contributed by atoms with Crippen molar-refractivity contribution in [1.29, 1.82) is 0 Å². The Morgan fingerprint density at radius 3 is 2.59 bits per heavy atom. The number of rotatable bonds is 5. The largest absolute Gasteiger partial charge is 0.436 e. The van der Waals surface area contributed by atoms with Gasteiger partial charge in [-0.1, -0.05) is 32.0 Å². The van der Waals surface area contributed by atoms with Gasteiger partial charge in [0.05, 0.1) is 5.56 Å². The Balaban J connectivity index is 1.44. The van der Waals surface area contributed by atoms with Crippen LogP contribution < -0.4 is 10.6 Å². The molecule has 0 aliphatic carbocycles. The molecule has 1 unspecified atom stereocenters. The monoisotopic (exact) mass is 507 g/mol. The lowest BCUT2D eigenvalue weighted by Gasteiger charge is -2.10. The van der Waals surface area contributed by atoms with Gasteiger partial charge in [-0.15, -0.1) is 0 Å². The van der Waals surface area contributed by atoms with E-state index >= 15 is 0 Å². The molecule has 1 aromatic heterocycles. The van der Waals surface area contributed by atoms with E-state index in [2.05, 4.69) is 57.5 Å². The third-order valence-corrected chi connectivity index (χ3v) is 6.22. The van der Waals surface area contributed by atoms with Gasteiger partial charge in [0.1, 0.15) is 5.52 Å². The number of carbonyl (C=O) groups excluding carboxylic acids is 1. The maximum Gasteiger partial charge on any atom is 0.258 e. The molecule has 0 spiro atoms. The molecule has 5 nitrogen and oxygen atoms in total. The molecule has 4 rings (SSSR count). The van der Waals surface area contributed by atoms with Crippen molar-refractivity contribution in [2.45, 2.75) is 26.2 Å². The van der Waals surface area contributed by atoms with E-state index in [1.54, 1.807) is 18.2 Å². The second kappa shape index (κ2) is 9.63. The van der Waals surface area contributed by atoms with Gasteiger partial charge in [-0.3, -0.25) is 10.1 Å². The molecule has 0 saturated heterocycles. The zero-order chi connectivity index (χ0) is 22.7. The van der Waals surface area contributed by atoms with Gasteiger partial charge >= 0.3 is 0 Å². The third kappa shape index (κ3) is 4.89. The van der Waals surface area contributed by atoms with E-state index in [0.717, 1.165) is 28.8 Å². The number of benzene rings is 3. The molecule has 0 bridgehead atoms. The molecule has 0 saturated carbocycles. The SMILES string of the molecule is CCC(C)c1ccc2oc(-c3ccc(NC(=S)NC(=O)c4ccccc4Br)cc3)nc2c1. The van der Waals surface area contributed by atoms with Gasteiger partial charge in [-0.05, 0) is 94.6 Å². The zero-order valence-corrected chi connectivity index (χ0v) is 20.1. The van der Waals surface area contributed by atoms with Crippen molar-refractivity contribution >= 4 is 56.0 Å². The molecule has 0 radical (unpaired) electrons. The number of aromatic nitrogens is 1. The highest BCUT2D eigenvalue weighted by Gasteiger charge is 2.13. The average molecular weight is 508 g/mol. The molecule has 2 N–H and O–H groups in total. The fourth-order valence-electron chi connectivity index (χ4n) is 3.28. The van der Waals surface area contributed by atoms with Crippen LogP contribution in [0.25, 0.3) is 22.6 Å². The van der Waals surface area contributed by atoms with Crippen molar-refractivity contribution in [3.05, 3.63) is 82.3 Å². The summed E-state index contributed by atoms with van der Waals surface area (Å²) in [6, 6.07) is 20.9. The quantitative estimate of drug-likeness (QED) is 0.287. The molecule has 0 aliphatic heterocycles. The van der Waals surface area contributed by atoms with Gasteiger partial charge < -0.3 is 9.73 Å². The Morgan fingerprint density at radius 1 is 1.12 bits per heavy atom. The number of halogens is 1. The fraction of sp³-hybridized carbons (Fsp3) is 0.160. The maximum atomic E-state index is 12.4. The molecule has 162 valence electrons. The van der Waals surface area contributed by atoms with E-state index in [-0.39, 0.29) is 11.0 Å². The van der Waals surface area contributed by atoms with Crippen LogP contribution >= 0.6 is 28.1 Å². The fourth-order valence-corrected chi connectivity index (χ4v) is 3.96. The maximum absolute atomic E-state index is 12.4. The summed E-state index contributed by atoms with van der Waals surface area (Å²) in [5.41, 5.74) is 5.01. The summed E-state index contributed by atoms with van der Waals surface area (Å²) < 4.78 is 6.65. The van der Waals surface area contributed by atoms with Crippen LogP contribution in [0, 0.1) is 0 Å². The predicted molar refractivity (Wildman–Crippen MR) is 136 cm³/mol. The molecule has 3 aromatic carbocycles. The van der Waals surface area contributed by atoms with Crippen molar-refractivity contribution in [3.8, 4) is 11.5 Å². The minimum atomic E-state index is -0.283. The predicted octanol–water partition coefficient (Wildman–Crippen LogP) is 6.90. The number of nitrogens with one attached hydrogen (secondary N) is 2. The van der Waals surface area contributed by atoms with Crippen LogP contribution in [-0.2, 0) is 0 Å². The van der Waals surface area contributed by atoms with Crippen LogP contribution in [0.3, 0.4) is 0 Å². The first-order valence-electron chi connectivity index (χ1n) is 10.3. The van der Waals surface area contributed by atoms with Crippen LogP contribution in [0.4, 0.5) is 5.69 Å². The van der Waals surface area contributed by atoms with Crippen LogP contribution in [-0.4, -0.2) is 16.0 Å². The van der Waals surface area contributed by atoms with Gasteiger partial charge in [0.15, 0.2) is 10.7 Å². The molecule has 1 amide bonds. The van der Waals surface area contributed by atoms with Crippen LogP contribution in [0.5, 0.6) is 0 Å². The van der Waals surface area contributed by atoms with E-state index in [0.29, 0.717) is 21.8 Å². The van der Waals surface area contributed by atoms with E-state index < -0.39 is 0 Å². The zero-order valence-electron chi connectivity index (χ0n) is 17.7. The number of nitrogens with zero attached hydrogens (tertiary/aromatic N) is 1. The molecule has 1 heterocycles. The Morgan fingerprint density at radius 2 is 1.88 bits per heavy atom. The number of amides is 1. The second-order valence-electron chi connectivity index (χ2n) is 7.52. The molecular weight excluding hydrogens is 486 g/mol. The molecule has 0 fully saturated rings. The van der Waals surface area contributed by atoms with Gasteiger partial charge in [0.2, 0.25) is 5.89 Å². The van der Waals surface area contributed by atoms with Crippen LogP contribution in [0.2, 0.25) is 0 Å². The van der Waals surface area contributed by atoms with Crippen molar-refractivity contribution in [3.63, 3.8) is 0 Å². The lowest BCUT2D eigenvalue weighted by Crippen LogP contribution is -2.34. The number of fused-ring (bicyclic) bond motifs is 1. The average Bonchev–Trinajstić information content (AvgIpc) is 3.22. The summed E-state index contributed by atoms with van der Waals surface area (Å²) >= 11 is 8.65. The normalized spacial score (nSPS) is 11.8. The lowest BCUT2D eigenvalue weighted by atomic mass is 9.98. The second-order valence-corrected chi connectivity index (χ2v) is 8.78. The highest BCUT2D eigenvalue weighted by molar-refractivity contribution is 9.10. The molecule has 32 heavy (non-hydrogen) atoms. The lowest BCUT2D eigenvalue weighted by molar-refractivity contribution is 0.0977. The van der Waals surface area contributed by atoms with Gasteiger partial charge in [0, 0.05) is 15.7 Å². The standard InChI is InChI=1S/C25H22BrN3O2S/c1-3-15(2)17-10-13-22-21(14-17)28-24(31-22)16-8-11-18(12-9-16)27-25(32)29-23(30)19-6-4-5-7-20(19)26/h4-15H,3H2,1-2H3,(H2,27,29,30,32). The summed E-state index contributed by atoms with van der Waals surface area (Å²) in [6.45, 7) is 4.38. The molecule has 1 atom stereocenters. The highest BCUT2D eigenvalue weighted by atomic mass is 79.9. The molecular formula is C25H22BrN3O2S. The summed E-state index contributed by atoms with van der Waals surface area (Å²) in [7, 11) is 0. The number of oxazole rings is 1. The Hall–Kier alpha value is -3.03. The number of carbonyl (C=O) groups is 1. The minimum Gasteiger partial charge on any atom is -0.436 e.